The summed E-state index contributed by atoms with van der Waals surface area (Å²) in [6, 6.07) is 0.678. The quantitative estimate of drug-likeness (QED) is 0.807. The zero-order valence-corrected chi connectivity index (χ0v) is 10.4. The minimum Gasteiger partial charge on any atom is -0.346 e. The van der Waals surface area contributed by atoms with Crippen molar-refractivity contribution >= 4 is 11.4 Å². The number of hydrogen-bond donors (Lipinski definition) is 2. The van der Waals surface area contributed by atoms with E-state index >= 15 is 0 Å². The van der Waals surface area contributed by atoms with Crippen molar-refractivity contribution in [1.29, 1.82) is 0 Å². The molecule has 4 rings (SSSR count). The number of nitrogens with one attached hydrogen (secondary N) is 2. The molecule has 0 radical (unpaired) electrons. The van der Waals surface area contributed by atoms with Crippen molar-refractivity contribution in [2.75, 3.05) is 6.54 Å². The largest absolute Gasteiger partial charge is 0.346 e. The highest BCUT2D eigenvalue weighted by atomic mass is 16.2. The number of nitrogens with zero attached hydrogens (tertiary/aromatic N) is 3. The van der Waals surface area contributed by atoms with Gasteiger partial charge in [0.25, 0.3) is 5.91 Å². The molecule has 1 aliphatic heterocycles. The van der Waals surface area contributed by atoms with Crippen LogP contribution in [0.3, 0.4) is 0 Å². The third-order valence-electron chi connectivity index (χ3n) is 4.17. The molecule has 2 N–H and O–H groups in total. The van der Waals surface area contributed by atoms with Gasteiger partial charge in [0.05, 0.1) is 24.2 Å². The Bertz CT molecular complexity index is 637. The normalized spacial score (nSPS) is 28.9. The molecule has 2 bridgehead atoms. The number of hydrogen-bond acceptors (Lipinski definition) is 4. The van der Waals surface area contributed by atoms with E-state index in [-0.39, 0.29) is 11.9 Å². The molecule has 6 nitrogen and oxygen atoms in total. The third kappa shape index (κ3) is 1.79. The number of imidazole rings is 1. The van der Waals surface area contributed by atoms with Gasteiger partial charge in [0.1, 0.15) is 5.69 Å². The highest BCUT2D eigenvalue weighted by Crippen LogP contribution is 2.31. The molecular formula is C13H15N5O. The first-order chi connectivity index (χ1) is 9.29. The Kier molecular flexibility index (Phi) is 2.32. The Labute approximate surface area is 110 Å². The lowest BCUT2D eigenvalue weighted by molar-refractivity contribution is 0.0923. The van der Waals surface area contributed by atoms with Crippen LogP contribution < -0.4 is 10.6 Å². The second-order valence-corrected chi connectivity index (χ2v) is 5.43. The van der Waals surface area contributed by atoms with Gasteiger partial charge in [-0.25, -0.2) is 9.97 Å². The van der Waals surface area contributed by atoms with Crippen molar-refractivity contribution < 1.29 is 4.79 Å². The van der Waals surface area contributed by atoms with E-state index < -0.39 is 0 Å². The summed E-state index contributed by atoms with van der Waals surface area (Å²) in [6.45, 7) is 1.09. The van der Waals surface area contributed by atoms with E-state index in [9.17, 15) is 4.79 Å². The van der Waals surface area contributed by atoms with Gasteiger partial charge in [-0.2, -0.15) is 0 Å². The molecule has 19 heavy (non-hydrogen) atoms. The van der Waals surface area contributed by atoms with Crippen LogP contribution in [0, 0.1) is 5.92 Å². The van der Waals surface area contributed by atoms with Crippen LogP contribution in [-0.4, -0.2) is 38.9 Å². The lowest BCUT2D eigenvalue weighted by atomic mass is 10.1. The molecule has 3 atom stereocenters. The maximum absolute atomic E-state index is 12.2. The number of aromatic nitrogens is 3. The smallest absolute Gasteiger partial charge is 0.271 e. The van der Waals surface area contributed by atoms with Crippen molar-refractivity contribution in [1.82, 2.24) is 25.0 Å². The molecule has 2 fully saturated rings. The fourth-order valence-electron chi connectivity index (χ4n) is 3.20. The monoisotopic (exact) mass is 257 g/mol. The molecule has 0 unspecified atom stereocenters. The van der Waals surface area contributed by atoms with Crippen LogP contribution in [0.25, 0.3) is 5.52 Å². The van der Waals surface area contributed by atoms with Gasteiger partial charge in [0.15, 0.2) is 0 Å². The Hall–Kier alpha value is -1.95. The van der Waals surface area contributed by atoms with Crippen molar-refractivity contribution in [2.45, 2.75) is 24.9 Å². The fraction of sp³-hybridized carbons (Fsp3) is 0.462. The van der Waals surface area contributed by atoms with Crippen LogP contribution in [0.5, 0.6) is 0 Å². The van der Waals surface area contributed by atoms with Crippen molar-refractivity contribution in [2.24, 2.45) is 5.92 Å². The average molecular weight is 257 g/mol. The summed E-state index contributed by atoms with van der Waals surface area (Å²) in [5.74, 6) is 0.620. The van der Waals surface area contributed by atoms with Gasteiger partial charge in [-0.15, -0.1) is 0 Å². The Morgan fingerprint density at radius 3 is 3.16 bits per heavy atom. The highest BCUT2D eigenvalue weighted by Gasteiger charge is 2.40. The third-order valence-corrected chi connectivity index (χ3v) is 4.17. The van der Waals surface area contributed by atoms with Crippen LogP contribution in [0.1, 0.15) is 23.3 Å². The Balaban J connectivity index is 1.53. The Morgan fingerprint density at radius 2 is 2.37 bits per heavy atom. The molecule has 1 saturated carbocycles. The summed E-state index contributed by atoms with van der Waals surface area (Å²) >= 11 is 0. The minimum absolute atomic E-state index is 0.102. The van der Waals surface area contributed by atoms with Crippen molar-refractivity contribution in [3.63, 3.8) is 0 Å². The number of rotatable bonds is 2. The number of carbonyl (C=O) groups excluding carboxylic acids is 1. The zero-order valence-electron chi connectivity index (χ0n) is 10.4. The molecule has 6 heteroatoms. The van der Waals surface area contributed by atoms with E-state index in [2.05, 4.69) is 20.6 Å². The van der Waals surface area contributed by atoms with Gasteiger partial charge >= 0.3 is 0 Å². The lowest BCUT2D eigenvalue weighted by Gasteiger charge is -2.23. The van der Waals surface area contributed by atoms with E-state index in [0.29, 0.717) is 11.7 Å². The molecule has 1 saturated heterocycles. The van der Waals surface area contributed by atoms with Gasteiger partial charge in [-0.05, 0) is 25.3 Å². The minimum atomic E-state index is -0.102. The predicted octanol–water partition coefficient (Wildman–Crippen LogP) is 0.209. The maximum atomic E-state index is 12.2. The summed E-state index contributed by atoms with van der Waals surface area (Å²) < 4.78 is 1.81. The van der Waals surface area contributed by atoms with Crippen LogP contribution in [-0.2, 0) is 0 Å². The molecule has 2 aromatic heterocycles. The SMILES string of the molecule is O=C(N[C@@H]1C[C@@H]2CN[C@@H]1C2)c1cn2cncc2cn1. The number of amides is 1. The van der Waals surface area contributed by atoms with E-state index in [1.807, 2.05) is 0 Å². The standard InChI is InChI=1S/C13H15N5O/c19-13(17-11-2-8-1-10(11)15-3-8)12-6-18-7-14-4-9(18)5-16-12/h4-8,10-11,15H,1-3H2,(H,17,19)/t8-,10-,11-/m1/s1. The molecule has 1 aliphatic carbocycles. The maximum Gasteiger partial charge on any atom is 0.271 e. The molecule has 98 valence electrons. The van der Waals surface area contributed by atoms with Crippen molar-refractivity contribution in [3.8, 4) is 0 Å². The van der Waals surface area contributed by atoms with Gasteiger partial charge in [0, 0.05) is 18.3 Å². The number of piperidine rings is 1. The molecule has 3 heterocycles. The highest BCUT2D eigenvalue weighted by molar-refractivity contribution is 5.92. The summed E-state index contributed by atoms with van der Waals surface area (Å²) in [5.41, 5.74) is 1.33. The van der Waals surface area contributed by atoms with Crippen LogP contribution in [0.2, 0.25) is 0 Å². The molecular weight excluding hydrogens is 242 g/mol. The first-order valence-electron chi connectivity index (χ1n) is 6.61. The van der Waals surface area contributed by atoms with Gasteiger partial charge in [-0.3, -0.25) is 4.79 Å². The Morgan fingerprint density at radius 1 is 1.42 bits per heavy atom. The second-order valence-electron chi connectivity index (χ2n) is 5.43. The topological polar surface area (TPSA) is 71.3 Å². The summed E-state index contributed by atoms with van der Waals surface area (Å²) in [6.07, 6.45) is 9.04. The predicted molar refractivity (Wildman–Crippen MR) is 68.8 cm³/mol. The van der Waals surface area contributed by atoms with E-state index in [4.69, 9.17) is 0 Å². The zero-order chi connectivity index (χ0) is 12.8. The summed E-state index contributed by atoms with van der Waals surface area (Å²) in [5, 5.41) is 6.52. The molecule has 2 aliphatic rings. The lowest BCUT2D eigenvalue weighted by Crippen LogP contribution is -2.48. The van der Waals surface area contributed by atoms with E-state index in [0.717, 1.165) is 24.4 Å². The van der Waals surface area contributed by atoms with Crippen LogP contribution >= 0.6 is 0 Å². The first-order valence-corrected chi connectivity index (χ1v) is 6.61. The van der Waals surface area contributed by atoms with E-state index in [1.54, 1.807) is 29.3 Å². The van der Waals surface area contributed by atoms with Crippen molar-refractivity contribution in [3.05, 3.63) is 30.6 Å². The van der Waals surface area contributed by atoms with E-state index in [1.165, 1.54) is 6.42 Å². The van der Waals surface area contributed by atoms with Crippen LogP contribution in [0.15, 0.2) is 24.9 Å². The molecule has 0 aromatic carbocycles. The second kappa shape index (κ2) is 4.03. The number of carbonyl (C=O) groups is 1. The summed E-state index contributed by atoms with van der Waals surface area (Å²) in [7, 11) is 0. The van der Waals surface area contributed by atoms with Gasteiger partial charge < -0.3 is 15.0 Å². The molecule has 1 amide bonds. The molecule has 2 aromatic rings. The summed E-state index contributed by atoms with van der Waals surface area (Å²) in [4.78, 5) is 20.4. The number of fused-ring (bicyclic) bond motifs is 3. The average Bonchev–Trinajstić information content (AvgIpc) is 3.13. The fourth-order valence-corrected chi connectivity index (χ4v) is 3.20. The van der Waals surface area contributed by atoms with Gasteiger partial charge in [0.2, 0.25) is 0 Å². The van der Waals surface area contributed by atoms with Gasteiger partial charge in [-0.1, -0.05) is 0 Å². The first kappa shape index (κ1) is 10.9. The van der Waals surface area contributed by atoms with Crippen LogP contribution in [0.4, 0.5) is 0 Å². The molecule has 0 spiro atoms.